The zero-order chi connectivity index (χ0) is 14.8. The topological polar surface area (TPSA) is 53.0 Å². The van der Waals surface area contributed by atoms with Gasteiger partial charge in [-0.3, -0.25) is 0 Å². The van der Waals surface area contributed by atoms with Crippen molar-refractivity contribution >= 4 is 11.4 Å². The molecule has 0 spiro atoms. The van der Waals surface area contributed by atoms with Crippen molar-refractivity contribution in [1.82, 2.24) is 0 Å². The van der Waals surface area contributed by atoms with Crippen LogP contribution in [0.4, 0.5) is 15.8 Å². The second kappa shape index (κ2) is 5.45. The first-order chi connectivity index (χ1) is 10.2. The van der Waals surface area contributed by atoms with Gasteiger partial charge in [0.25, 0.3) is 0 Å². The van der Waals surface area contributed by atoms with Crippen LogP contribution in [0, 0.1) is 17.1 Å². The summed E-state index contributed by atoms with van der Waals surface area (Å²) in [4.78, 5) is 2.16. The summed E-state index contributed by atoms with van der Waals surface area (Å²) in [5.74, 6) is -0.384. The van der Waals surface area contributed by atoms with Crippen molar-refractivity contribution in [2.45, 2.75) is 25.4 Å². The third-order valence-corrected chi connectivity index (χ3v) is 3.77. The molecule has 0 unspecified atom stereocenters. The normalized spacial score (nSPS) is 13.7. The Hall–Kier alpha value is -2.54. The summed E-state index contributed by atoms with van der Waals surface area (Å²) in [6.45, 7) is 0.637. The van der Waals surface area contributed by atoms with E-state index in [9.17, 15) is 9.65 Å². The molecule has 2 aromatic rings. The maximum atomic E-state index is 13.3. The quantitative estimate of drug-likeness (QED) is 0.873. The van der Waals surface area contributed by atoms with Crippen molar-refractivity contribution in [2.75, 3.05) is 10.6 Å². The standard InChI is InChI=1S/C17H16FN3/c18-14-5-8-17(13(9-14)10-19)21(15-6-7-15)11-12-3-1-2-4-16(12)20/h1-5,8-9,15H,6-7,11,20H2. The van der Waals surface area contributed by atoms with Crippen LogP contribution in [0.3, 0.4) is 0 Å². The Morgan fingerprint density at radius 2 is 2.00 bits per heavy atom. The van der Waals surface area contributed by atoms with Gasteiger partial charge in [-0.2, -0.15) is 5.26 Å². The largest absolute Gasteiger partial charge is 0.398 e. The summed E-state index contributed by atoms with van der Waals surface area (Å²) >= 11 is 0. The molecule has 0 aromatic heterocycles. The SMILES string of the molecule is N#Cc1cc(F)ccc1N(Cc1ccccc1N)C1CC1. The first-order valence-electron chi connectivity index (χ1n) is 6.98. The van der Waals surface area contributed by atoms with Gasteiger partial charge in [-0.05, 0) is 42.7 Å². The van der Waals surface area contributed by atoms with Gasteiger partial charge in [0.2, 0.25) is 0 Å². The Morgan fingerprint density at radius 1 is 1.24 bits per heavy atom. The molecule has 0 saturated heterocycles. The van der Waals surface area contributed by atoms with Crippen molar-refractivity contribution in [3.63, 3.8) is 0 Å². The van der Waals surface area contributed by atoms with Crippen molar-refractivity contribution in [3.05, 3.63) is 59.4 Å². The summed E-state index contributed by atoms with van der Waals surface area (Å²) in [7, 11) is 0. The fourth-order valence-electron chi connectivity index (χ4n) is 2.51. The number of benzene rings is 2. The van der Waals surface area contributed by atoms with Crippen LogP contribution in [0.15, 0.2) is 42.5 Å². The number of hydrogen-bond acceptors (Lipinski definition) is 3. The molecule has 0 atom stereocenters. The lowest BCUT2D eigenvalue weighted by atomic mass is 10.1. The van der Waals surface area contributed by atoms with Gasteiger partial charge in [-0.1, -0.05) is 18.2 Å². The average Bonchev–Trinajstić information content (AvgIpc) is 3.31. The molecule has 0 aliphatic heterocycles. The fourth-order valence-corrected chi connectivity index (χ4v) is 2.51. The molecule has 2 N–H and O–H groups in total. The van der Waals surface area contributed by atoms with E-state index in [2.05, 4.69) is 11.0 Å². The molecule has 1 aliphatic carbocycles. The van der Waals surface area contributed by atoms with Crippen LogP contribution >= 0.6 is 0 Å². The Labute approximate surface area is 123 Å². The Bertz CT molecular complexity index is 701. The monoisotopic (exact) mass is 281 g/mol. The number of nitriles is 1. The number of para-hydroxylation sites is 1. The predicted octanol–water partition coefficient (Wildman–Crippen LogP) is 3.45. The van der Waals surface area contributed by atoms with Crippen LogP contribution in [0.2, 0.25) is 0 Å². The highest BCUT2D eigenvalue weighted by Crippen LogP contribution is 2.35. The van der Waals surface area contributed by atoms with E-state index in [1.54, 1.807) is 6.07 Å². The van der Waals surface area contributed by atoms with Crippen molar-refractivity contribution in [3.8, 4) is 6.07 Å². The molecule has 0 heterocycles. The van der Waals surface area contributed by atoms with Gasteiger partial charge in [0.15, 0.2) is 0 Å². The molecule has 3 nitrogen and oxygen atoms in total. The maximum Gasteiger partial charge on any atom is 0.124 e. The highest BCUT2D eigenvalue weighted by molar-refractivity contribution is 5.62. The molecule has 1 aliphatic rings. The van der Waals surface area contributed by atoms with Crippen molar-refractivity contribution in [2.24, 2.45) is 0 Å². The molecule has 21 heavy (non-hydrogen) atoms. The highest BCUT2D eigenvalue weighted by Gasteiger charge is 2.31. The van der Waals surface area contributed by atoms with Crippen LogP contribution in [-0.4, -0.2) is 6.04 Å². The lowest BCUT2D eigenvalue weighted by Crippen LogP contribution is -2.26. The van der Waals surface area contributed by atoms with Gasteiger partial charge in [-0.15, -0.1) is 0 Å². The molecular weight excluding hydrogens is 265 g/mol. The maximum absolute atomic E-state index is 13.3. The van der Waals surface area contributed by atoms with E-state index in [1.807, 2.05) is 24.3 Å². The molecule has 1 saturated carbocycles. The third kappa shape index (κ3) is 2.82. The number of rotatable bonds is 4. The molecular formula is C17H16FN3. The van der Waals surface area contributed by atoms with Crippen LogP contribution < -0.4 is 10.6 Å². The first kappa shape index (κ1) is 13.4. The molecule has 2 aromatic carbocycles. The zero-order valence-corrected chi connectivity index (χ0v) is 11.6. The smallest absolute Gasteiger partial charge is 0.124 e. The summed E-state index contributed by atoms with van der Waals surface area (Å²) in [6.07, 6.45) is 2.18. The molecule has 0 radical (unpaired) electrons. The van der Waals surface area contributed by atoms with Gasteiger partial charge in [0.1, 0.15) is 11.9 Å². The van der Waals surface area contributed by atoms with E-state index in [-0.39, 0.29) is 5.82 Å². The minimum absolute atomic E-state index is 0.372. The van der Waals surface area contributed by atoms with E-state index >= 15 is 0 Å². The number of hydrogen-bond donors (Lipinski definition) is 1. The van der Waals surface area contributed by atoms with E-state index < -0.39 is 0 Å². The van der Waals surface area contributed by atoms with Gasteiger partial charge >= 0.3 is 0 Å². The molecule has 106 valence electrons. The van der Waals surface area contributed by atoms with E-state index in [4.69, 9.17) is 5.73 Å². The summed E-state index contributed by atoms with van der Waals surface area (Å²) in [5.41, 5.74) is 8.93. The van der Waals surface area contributed by atoms with E-state index in [0.29, 0.717) is 18.2 Å². The van der Waals surface area contributed by atoms with Crippen LogP contribution in [0.1, 0.15) is 24.0 Å². The summed E-state index contributed by atoms with van der Waals surface area (Å²) < 4.78 is 13.3. The predicted molar refractivity (Wildman–Crippen MR) is 81.2 cm³/mol. The Balaban J connectivity index is 1.96. The minimum atomic E-state index is -0.384. The molecule has 4 heteroatoms. The lowest BCUT2D eigenvalue weighted by Gasteiger charge is -2.26. The Kier molecular flexibility index (Phi) is 3.49. The second-order valence-corrected chi connectivity index (χ2v) is 5.33. The van der Waals surface area contributed by atoms with Gasteiger partial charge in [-0.25, -0.2) is 4.39 Å². The van der Waals surface area contributed by atoms with Crippen LogP contribution in [-0.2, 0) is 6.54 Å². The van der Waals surface area contributed by atoms with Crippen molar-refractivity contribution in [1.29, 1.82) is 5.26 Å². The molecule has 0 amide bonds. The number of nitrogens with two attached hydrogens (primary N) is 1. The Morgan fingerprint density at radius 3 is 2.67 bits per heavy atom. The highest BCUT2D eigenvalue weighted by atomic mass is 19.1. The number of nitrogens with zero attached hydrogens (tertiary/aromatic N) is 2. The molecule has 0 bridgehead atoms. The summed E-state index contributed by atoms with van der Waals surface area (Å²) in [5, 5.41) is 9.25. The molecule has 1 fully saturated rings. The molecule has 3 rings (SSSR count). The van der Waals surface area contributed by atoms with Crippen molar-refractivity contribution < 1.29 is 4.39 Å². The first-order valence-corrected chi connectivity index (χ1v) is 6.98. The number of anilines is 2. The van der Waals surface area contributed by atoms with Gasteiger partial charge in [0.05, 0.1) is 11.3 Å². The van der Waals surface area contributed by atoms with Gasteiger partial charge < -0.3 is 10.6 Å². The lowest BCUT2D eigenvalue weighted by molar-refractivity contribution is 0.626. The number of halogens is 1. The van der Waals surface area contributed by atoms with Crippen LogP contribution in [0.5, 0.6) is 0 Å². The minimum Gasteiger partial charge on any atom is -0.398 e. The van der Waals surface area contributed by atoms with E-state index in [0.717, 1.165) is 29.8 Å². The third-order valence-electron chi connectivity index (χ3n) is 3.77. The summed E-state index contributed by atoms with van der Waals surface area (Å²) in [6, 6.07) is 14.6. The average molecular weight is 281 g/mol. The van der Waals surface area contributed by atoms with Gasteiger partial charge in [0, 0.05) is 18.3 Å². The zero-order valence-electron chi connectivity index (χ0n) is 11.6. The van der Waals surface area contributed by atoms with E-state index in [1.165, 1.54) is 12.1 Å². The number of nitrogen functional groups attached to an aromatic ring is 1. The van der Waals surface area contributed by atoms with Crippen LogP contribution in [0.25, 0.3) is 0 Å². The fraction of sp³-hybridized carbons (Fsp3) is 0.235. The second-order valence-electron chi connectivity index (χ2n) is 5.33.